The molecule has 0 aromatic heterocycles. The highest BCUT2D eigenvalue weighted by Crippen LogP contribution is 2.36. The van der Waals surface area contributed by atoms with E-state index in [0.29, 0.717) is 0 Å². The molecule has 0 aliphatic heterocycles. The van der Waals surface area contributed by atoms with Crippen LogP contribution in [0.5, 0.6) is 0 Å². The Morgan fingerprint density at radius 3 is 2.28 bits per heavy atom. The molecule has 0 fully saturated rings. The van der Waals surface area contributed by atoms with Crippen molar-refractivity contribution in [2.45, 2.75) is 64.7 Å². The molecule has 1 aromatic carbocycles. The zero-order chi connectivity index (χ0) is 13.6. The van der Waals surface area contributed by atoms with Crippen LogP contribution in [0.3, 0.4) is 0 Å². The number of fused-ring (bicyclic) bond motifs is 1. The zero-order valence-corrected chi connectivity index (χ0v) is 12.3. The van der Waals surface area contributed by atoms with Crippen LogP contribution in [-0.4, -0.2) is 6.29 Å². The average molecular weight is 244 g/mol. The molecule has 0 saturated heterocycles. The highest BCUT2D eigenvalue weighted by molar-refractivity contribution is 5.69. The molecule has 1 aliphatic carbocycles. The molecule has 0 radical (unpaired) electrons. The predicted octanol–water partition coefficient (Wildman–Crippen LogP) is 3.95. The van der Waals surface area contributed by atoms with Crippen molar-refractivity contribution in [3.05, 3.63) is 34.4 Å². The molecule has 0 heterocycles. The molecule has 98 valence electrons. The van der Waals surface area contributed by atoms with Gasteiger partial charge in [-0.25, -0.2) is 0 Å². The van der Waals surface area contributed by atoms with E-state index in [9.17, 15) is 4.79 Å². The highest BCUT2D eigenvalue weighted by Gasteiger charge is 2.29. The maximum Gasteiger partial charge on any atom is 0.129 e. The third kappa shape index (κ3) is 2.23. The van der Waals surface area contributed by atoms with E-state index in [0.717, 1.165) is 12.7 Å². The topological polar surface area (TPSA) is 17.1 Å². The molecule has 2 rings (SSSR count). The standard InChI is InChI=1S/C17H24O/c1-16(2,3)13-9-12-7-6-8-14(12)15(10-13)17(4,5)11-18/h9-11H,6-8H2,1-5H3. The molecule has 0 N–H and O–H groups in total. The van der Waals surface area contributed by atoms with E-state index in [-0.39, 0.29) is 10.8 Å². The van der Waals surface area contributed by atoms with Crippen molar-refractivity contribution in [2.24, 2.45) is 0 Å². The Morgan fingerprint density at radius 2 is 1.72 bits per heavy atom. The summed E-state index contributed by atoms with van der Waals surface area (Å²) in [6.07, 6.45) is 4.62. The molecule has 1 heteroatoms. The first-order valence-electron chi connectivity index (χ1n) is 6.89. The van der Waals surface area contributed by atoms with Crippen LogP contribution in [0, 0.1) is 0 Å². The monoisotopic (exact) mass is 244 g/mol. The summed E-state index contributed by atoms with van der Waals surface area (Å²) in [5.74, 6) is 0. The van der Waals surface area contributed by atoms with Crippen LogP contribution in [-0.2, 0) is 28.5 Å². The van der Waals surface area contributed by atoms with E-state index in [1.54, 1.807) is 0 Å². The van der Waals surface area contributed by atoms with E-state index in [1.165, 1.54) is 35.1 Å². The Morgan fingerprint density at radius 1 is 1.06 bits per heavy atom. The van der Waals surface area contributed by atoms with E-state index in [2.05, 4.69) is 32.9 Å². The second kappa shape index (κ2) is 4.22. The molecule has 1 nitrogen and oxygen atoms in total. The van der Waals surface area contributed by atoms with Crippen molar-refractivity contribution < 1.29 is 4.79 Å². The van der Waals surface area contributed by atoms with Crippen LogP contribution >= 0.6 is 0 Å². The molecule has 0 unspecified atom stereocenters. The maximum atomic E-state index is 11.4. The second-order valence-corrected chi connectivity index (χ2v) is 7.10. The van der Waals surface area contributed by atoms with Gasteiger partial charge < -0.3 is 4.79 Å². The zero-order valence-electron chi connectivity index (χ0n) is 12.3. The largest absolute Gasteiger partial charge is 0.302 e. The number of carbonyl (C=O) groups is 1. The van der Waals surface area contributed by atoms with Crippen LogP contribution in [0.15, 0.2) is 12.1 Å². The van der Waals surface area contributed by atoms with E-state index < -0.39 is 0 Å². The highest BCUT2D eigenvalue weighted by atomic mass is 16.1. The van der Waals surface area contributed by atoms with Crippen LogP contribution in [0.2, 0.25) is 0 Å². The van der Waals surface area contributed by atoms with Gasteiger partial charge >= 0.3 is 0 Å². The third-order valence-corrected chi connectivity index (χ3v) is 4.07. The van der Waals surface area contributed by atoms with Gasteiger partial charge in [-0.2, -0.15) is 0 Å². The van der Waals surface area contributed by atoms with Gasteiger partial charge in [-0.1, -0.05) is 32.9 Å². The maximum absolute atomic E-state index is 11.4. The number of aldehydes is 1. The minimum Gasteiger partial charge on any atom is -0.302 e. The molecule has 0 atom stereocenters. The molecule has 18 heavy (non-hydrogen) atoms. The van der Waals surface area contributed by atoms with Gasteiger partial charge in [0, 0.05) is 5.41 Å². The lowest BCUT2D eigenvalue weighted by molar-refractivity contribution is -0.111. The summed E-state index contributed by atoms with van der Waals surface area (Å²) >= 11 is 0. The van der Waals surface area contributed by atoms with Crippen molar-refractivity contribution in [1.29, 1.82) is 0 Å². The van der Waals surface area contributed by atoms with Gasteiger partial charge in [-0.05, 0) is 60.8 Å². The normalized spacial score (nSPS) is 15.6. The van der Waals surface area contributed by atoms with Gasteiger partial charge in [0.25, 0.3) is 0 Å². The number of benzene rings is 1. The lowest BCUT2D eigenvalue weighted by Crippen LogP contribution is -2.23. The van der Waals surface area contributed by atoms with Gasteiger partial charge in [0.1, 0.15) is 6.29 Å². The summed E-state index contributed by atoms with van der Waals surface area (Å²) in [5, 5.41) is 0. The van der Waals surface area contributed by atoms with Crippen LogP contribution in [0.1, 0.15) is 63.3 Å². The summed E-state index contributed by atoms with van der Waals surface area (Å²) in [6.45, 7) is 10.8. The summed E-state index contributed by atoms with van der Waals surface area (Å²) < 4.78 is 0. The van der Waals surface area contributed by atoms with Crippen molar-refractivity contribution in [2.75, 3.05) is 0 Å². The molecular formula is C17H24O. The van der Waals surface area contributed by atoms with E-state index in [1.807, 2.05) is 13.8 Å². The molecule has 0 spiro atoms. The Hall–Kier alpha value is -1.11. The Bertz CT molecular complexity index is 475. The van der Waals surface area contributed by atoms with E-state index >= 15 is 0 Å². The molecule has 0 saturated carbocycles. The molecule has 0 amide bonds. The Balaban J connectivity index is 2.65. The van der Waals surface area contributed by atoms with Gasteiger partial charge in [-0.15, -0.1) is 0 Å². The smallest absolute Gasteiger partial charge is 0.129 e. The number of rotatable bonds is 2. The minimum absolute atomic E-state index is 0.144. The minimum atomic E-state index is -0.365. The van der Waals surface area contributed by atoms with Crippen LogP contribution < -0.4 is 0 Å². The molecule has 1 aliphatic rings. The first kappa shape index (κ1) is 13.3. The lowest BCUT2D eigenvalue weighted by Gasteiger charge is -2.27. The first-order valence-corrected chi connectivity index (χ1v) is 6.89. The molecule has 1 aromatic rings. The van der Waals surface area contributed by atoms with Crippen molar-refractivity contribution in [1.82, 2.24) is 0 Å². The SMILES string of the molecule is CC(C)(C)c1cc2c(c(C(C)(C)C=O)c1)CCC2. The summed E-state index contributed by atoms with van der Waals surface area (Å²) in [6, 6.07) is 4.62. The fraction of sp³-hybridized carbons (Fsp3) is 0.588. The first-order chi connectivity index (χ1) is 8.25. The molecule has 0 bridgehead atoms. The predicted molar refractivity (Wildman–Crippen MR) is 76.3 cm³/mol. The van der Waals surface area contributed by atoms with Gasteiger partial charge in [-0.3, -0.25) is 0 Å². The number of aryl methyl sites for hydroxylation is 1. The van der Waals surface area contributed by atoms with Gasteiger partial charge in [0.15, 0.2) is 0 Å². The average Bonchev–Trinajstić information content (AvgIpc) is 2.74. The number of hydrogen-bond donors (Lipinski definition) is 0. The van der Waals surface area contributed by atoms with Gasteiger partial charge in [0.05, 0.1) is 0 Å². The quantitative estimate of drug-likeness (QED) is 0.720. The number of hydrogen-bond acceptors (Lipinski definition) is 1. The van der Waals surface area contributed by atoms with Crippen molar-refractivity contribution in [3.8, 4) is 0 Å². The lowest BCUT2D eigenvalue weighted by atomic mass is 9.77. The van der Waals surface area contributed by atoms with E-state index in [4.69, 9.17) is 0 Å². The van der Waals surface area contributed by atoms with Crippen molar-refractivity contribution >= 4 is 6.29 Å². The summed E-state index contributed by atoms with van der Waals surface area (Å²) in [4.78, 5) is 11.4. The summed E-state index contributed by atoms with van der Waals surface area (Å²) in [7, 11) is 0. The Kier molecular flexibility index (Phi) is 3.12. The summed E-state index contributed by atoms with van der Waals surface area (Å²) in [5.41, 5.74) is 5.28. The number of carbonyl (C=O) groups excluding carboxylic acids is 1. The Labute approximate surface area is 111 Å². The molecular weight excluding hydrogens is 220 g/mol. The van der Waals surface area contributed by atoms with Crippen LogP contribution in [0.4, 0.5) is 0 Å². The second-order valence-electron chi connectivity index (χ2n) is 7.10. The van der Waals surface area contributed by atoms with Crippen molar-refractivity contribution in [3.63, 3.8) is 0 Å². The van der Waals surface area contributed by atoms with Gasteiger partial charge in [0.2, 0.25) is 0 Å². The third-order valence-electron chi connectivity index (χ3n) is 4.07. The fourth-order valence-electron chi connectivity index (χ4n) is 2.78. The van der Waals surface area contributed by atoms with Crippen LogP contribution in [0.25, 0.3) is 0 Å². The fourth-order valence-corrected chi connectivity index (χ4v) is 2.78.